The van der Waals surface area contributed by atoms with E-state index in [0.29, 0.717) is 24.0 Å². The Morgan fingerprint density at radius 2 is 2.05 bits per heavy atom. The summed E-state index contributed by atoms with van der Waals surface area (Å²) in [6, 6.07) is 7.42. The van der Waals surface area contributed by atoms with Crippen LogP contribution < -0.4 is 10.6 Å². The van der Waals surface area contributed by atoms with E-state index < -0.39 is 5.82 Å². The normalized spacial score (nSPS) is 10.6. The lowest BCUT2D eigenvalue weighted by Crippen LogP contribution is -2.28. The number of benzene rings is 1. The molecule has 7 heteroatoms. The van der Waals surface area contributed by atoms with Crippen molar-refractivity contribution in [1.29, 1.82) is 0 Å². The van der Waals surface area contributed by atoms with E-state index in [0.717, 1.165) is 0 Å². The second kappa shape index (κ2) is 7.17. The fourth-order valence-corrected chi connectivity index (χ4v) is 1.81. The van der Waals surface area contributed by atoms with Crippen LogP contribution in [0.3, 0.4) is 0 Å². The summed E-state index contributed by atoms with van der Waals surface area (Å²) in [6.07, 6.45) is 0. The molecule has 0 atom stereocenters. The summed E-state index contributed by atoms with van der Waals surface area (Å²) < 4.78 is 13.1. The molecule has 0 aliphatic carbocycles. The third kappa shape index (κ3) is 4.39. The zero-order valence-electron chi connectivity index (χ0n) is 12.2. The van der Waals surface area contributed by atoms with Crippen LogP contribution in [-0.4, -0.2) is 22.6 Å². The second-order valence-electron chi connectivity index (χ2n) is 5.16. The van der Waals surface area contributed by atoms with Gasteiger partial charge in [0, 0.05) is 12.2 Å². The Balaban J connectivity index is 2.02. The standard InChI is InChI=1S/C15H16ClFN4O/c1-9(2)8-18-15(22)13-5-6-14(21-20-13)19-10-3-4-12(17)11(16)7-10/h3-7,9H,8H2,1-2H3,(H,18,22)(H,19,21). The van der Waals surface area contributed by atoms with Crippen molar-refractivity contribution >= 4 is 29.0 Å². The molecule has 22 heavy (non-hydrogen) atoms. The van der Waals surface area contributed by atoms with Crippen LogP contribution in [0.15, 0.2) is 30.3 Å². The molecule has 0 aliphatic heterocycles. The van der Waals surface area contributed by atoms with Gasteiger partial charge in [0.05, 0.1) is 5.02 Å². The maximum absolute atomic E-state index is 13.1. The van der Waals surface area contributed by atoms with Crippen LogP contribution in [0.25, 0.3) is 0 Å². The topological polar surface area (TPSA) is 66.9 Å². The molecule has 116 valence electrons. The highest BCUT2D eigenvalue weighted by molar-refractivity contribution is 6.31. The summed E-state index contributed by atoms with van der Waals surface area (Å²) in [4.78, 5) is 11.8. The monoisotopic (exact) mass is 322 g/mol. The summed E-state index contributed by atoms with van der Waals surface area (Å²) in [5.41, 5.74) is 0.820. The highest BCUT2D eigenvalue weighted by Gasteiger charge is 2.09. The average molecular weight is 323 g/mol. The van der Waals surface area contributed by atoms with E-state index in [1.807, 2.05) is 13.8 Å². The first-order valence-corrected chi connectivity index (χ1v) is 7.17. The number of nitrogens with one attached hydrogen (secondary N) is 2. The molecule has 1 aromatic heterocycles. The third-order valence-corrected chi connectivity index (χ3v) is 3.05. The van der Waals surface area contributed by atoms with Gasteiger partial charge >= 0.3 is 0 Å². The van der Waals surface area contributed by atoms with Gasteiger partial charge in [-0.25, -0.2) is 4.39 Å². The Hall–Kier alpha value is -2.21. The summed E-state index contributed by atoms with van der Waals surface area (Å²) >= 11 is 5.70. The van der Waals surface area contributed by atoms with Crippen LogP contribution in [0.2, 0.25) is 5.02 Å². The van der Waals surface area contributed by atoms with Crippen LogP contribution in [-0.2, 0) is 0 Å². The van der Waals surface area contributed by atoms with Crippen molar-refractivity contribution in [2.45, 2.75) is 13.8 Å². The molecule has 0 radical (unpaired) electrons. The van der Waals surface area contributed by atoms with Gasteiger partial charge in [0.2, 0.25) is 0 Å². The Labute approximate surface area is 132 Å². The van der Waals surface area contributed by atoms with E-state index in [4.69, 9.17) is 11.6 Å². The van der Waals surface area contributed by atoms with Gasteiger partial charge in [-0.3, -0.25) is 4.79 Å². The van der Waals surface area contributed by atoms with Crippen LogP contribution in [0.4, 0.5) is 15.9 Å². The smallest absolute Gasteiger partial charge is 0.271 e. The first-order valence-electron chi connectivity index (χ1n) is 6.79. The number of halogens is 2. The molecule has 2 aromatic rings. The molecule has 1 heterocycles. The summed E-state index contributed by atoms with van der Waals surface area (Å²) in [6.45, 7) is 4.59. The molecule has 0 saturated heterocycles. The molecule has 0 bridgehead atoms. The van der Waals surface area contributed by atoms with Crippen LogP contribution in [0.5, 0.6) is 0 Å². The molecule has 1 aromatic carbocycles. The Morgan fingerprint density at radius 1 is 1.27 bits per heavy atom. The zero-order chi connectivity index (χ0) is 16.1. The minimum atomic E-state index is -0.490. The largest absolute Gasteiger partial charge is 0.350 e. The van der Waals surface area contributed by atoms with Gasteiger partial charge in [0.25, 0.3) is 5.91 Å². The van der Waals surface area contributed by atoms with E-state index in [1.54, 1.807) is 12.1 Å². The molecule has 0 aliphatic rings. The predicted octanol–water partition coefficient (Wildman–Crippen LogP) is 3.40. The molecule has 0 spiro atoms. The molecule has 0 unspecified atom stereocenters. The van der Waals surface area contributed by atoms with Crippen molar-refractivity contribution in [2.75, 3.05) is 11.9 Å². The molecular weight excluding hydrogens is 307 g/mol. The molecule has 1 amide bonds. The number of rotatable bonds is 5. The minimum absolute atomic E-state index is 0.0163. The molecule has 2 N–H and O–H groups in total. The van der Waals surface area contributed by atoms with Crippen LogP contribution in [0.1, 0.15) is 24.3 Å². The van der Waals surface area contributed by atoms with Crippen molar-refractivity contribution in [1.82, 2.24) is 15.5 Å². The van der Waals surface area contributed by atoms with Crippen molar-refractivity contribution in [3.63, 3.8) is 0 Å². The third-order valence-electron chi connectivity index (χ3n) is 2.76. The quantitative estimate of drug-likeness (QED) is 0.885. The second-order valence-corrected chi connectivity index (χ2v) is 5.57. The predicted molar refractivity (Wildman–Crippen MR) is 83.9 cm³/mol. The number of carbonyl (C=O) groups excluding carboxylic acids is 1. The number of carbonyl (C=O) groups is 1. The highest BCUT2D eigenvalue weighted by atomic mass is 35.5. The van der Waals surface area contributed by atoms with E-state index >= 15 is 0 Å². The van der Waals surface area contributed by atoms with Gasteiger partial charge in [-0.05, 0) is 36.2 Å². The summed E-state index contributed by atoms with van der Waals surface area (Å²) in [5, 5.41) is 13.5. The van der Waals surface area contributed by atoms with Gasteiger partial charge < -0.3 is 10.6 Å². The number of hydrogen-bond acceptors (Lipinski definition) is 4. The highest BCUT2D eigenvalue weighted by Crippen LogP contribution is 2.21. The SMILES string of the molecule is CC(C)CNC(=O)c1ccc(Nc2ccc(F)c(Cl)c2)nn1. The Morgan fingerprint density at radius 3 is 2.64 bits per heavy atom. The summed E-state index contributed by atoms with van der Waals surface area (Å²) in [7, 11) is 0. The maximum Gasteiger partial charge on any atom is 0.271 e. The molecule has 5 nitrogen and oxygen atoms in total. The van der Waals surface area contributed by atoms with E-state index in [-0.39, 0.29) is 16.6 Å². The number of aromatic nitrogens is 2. The van der Waals surface area contributed by atoms with E-state index in [2.05, 4.69) is 20.8 Å². The Bertz CT molecular complexity index is 661. The van der Waals surface area contributed by atoms with Crippen molar-refractivity contribution in [3.8, 4) is 0 Å². The van der Waals surface area contributed by atoms with Gasteiger partial charge in [-0.15, -0.1) is 10.2 Å². The molecule has 0 fully saturated rings. The zero-order valence-corrected chi connectivity index (χ0v) is 13.0. The van der Waals surface area contributed by atoms with E-state index in [1.165, 1.54) is 18.2 Å². The fourth-order valence-electron chi connectivity index (χ4n) is 1.63. The first kappa shape index (κ1) is 16.2. The van der Waals surface area contributed by atoms with Gasteiger partial charge in [-0.1, -0.05) is 25.4 Å². The lowest BCUT2D eigenvalue weighted by Gasteiger charge is -2.08. The lowest BCUT2D eigenvalue weighted by atomic mass is 10.2. The maximum atomic E-state index is 13.1. The summed E-state index contributed by atoms with van der Waals surface area (Å²) in [5.74, 6) is 0.0391. The number of amides is 1. The Kier molecular flexibility index (Phi) is 5.27. The minimum Gasteiger partial charge on any atom is -0.350 e. The van der Waals surface area contributed by atoms with Gasteiger partial charge in [-0.2, -0.15) is 0 Å². The lowest BCUT2D eigenvalue weighted by molar-refractivity contribution is 0.0943. The number of nitrogens with zero attached hydrogens (tertiary/aromatic N) is 2. The number of anilines is 2. The average Bonchev–Trinajstić information content (AvgIpc) is 2.49. The fraction of sp³-hybridized carbons (Fsp3) is 0.267. The first-order chi connectivity index (χ1) is 10.5. The molecule has 2 rings (SSSR count). The van der Waals surface area contributed by atoms with E-state index in [9.17, 15) is 9.18 Å². The van der Waals surface area contributed by atoms with Crippen molar-refractivity contribution in [3.05, 3.63) is 46.9 Å². The van der Waals surface area contributed by atoms with Crippen LogP contribution in [0, 0.1) is 11.7 Å². The van der Waals surface area contributed by atoms with Crippen molar-refractivity contribution in [2.24, 2.45) is 5.92 Å². The molecular formula is C15H16ClFN4O. The number of hydrogen-bond donors (Lipinski definition) is 2. The molecule has 0 saturated carbocycles. The van der Waals surface area contributed by atoms with Gasteiger partial charge in [0.15, 0.2) is 11.5 Å². The van der Waals surface area contributed by atoms with Crippen LogP contribution >= 0.6 is 11.6 Å². The van der Waals surface area contributed by atoms with Gasteiger partial charge in [0.1, 0.15) is 5.82 Å². The van der Waals surface area contributed by atoms with Crippen molar-refractivity contribution < 1.29 is 9.18 Å².